The molecule has 21 heavy (non-hydrogen) atoms. The molecular weight excluding hydrogens is 375 g/mol. The first-order chi connectivity index (χ1) is 10.3. The van der Waals surface area contributed by atoms with Crippen LogP contribution in [0.4, 0.5) is 0 Å². The minimum Gasteiger partial charge on any atom is -0.492 e. The highest BCUT2D eigenvalue weighted by Crippen LogP contribution is 2.27. The van der Waals surface area contributed by atoms with Crippen LogP contribution in [0.3, 0.4) is 0 Å². The molecule has 0 aliphatic rings. The molecule has 112 valence electrons. The van der Waals surface area contributed by atoms with Crippen LogP contribution in [-0.2, 0) is 0 Å². The molecule has 2 aromatic rings. The summed E-state index contributed by atoms with van der Waals surface area (Å²) >= 11 is 2.39. The van der Waals surface area contributed by atoms with E-state index in [-0.39, 0.29) is 6.04 Å². The molecule has 1 aromatic heterocycles. The van der Waals surface area contributed by atoms with E-state index in [1.807, 2.05) is 13.1 Å². The number of ether oxygens (including phenoxy) is 1. The third-order valence-electron chi connectivity index (χ3n) is 3.19. The van der Waals surface area contributed by atoms with E-state index in [2.05, 4.69) is 70.1 Å². The smallest absolute Gasteiger partial charge is 0.137 e. The van der Waals surface area contributed by atoms with Gasteiger partial charge in [0.15, 0.2) is 0 Å². The number of halogens is 1. The summed E-state index contributed by atoms with van der Waals surface area (Å²) in [5.74, 6) is 0.823. The lowest BCUT2D eigenvalue weighted by atomic mass is 10.00. The fourth-order valence-corrected chi connectivity index (χ4v) is 2.94. The van der Waals surface area contributed by atoms with Gasteiger partial charge in [-0.3, -0.25) is 4.98 Å². The lowest BCUT2D eigenvalue weighted by molar-refractivity contribution is 0.338. The molecule has 1 N–H and O–H groups in total. The molecule has 1 heterocycles. The van der Waals surface area contributed by atoms with Crippen molar-refractivity contribution in [2.45, 2.75) is 26.3 Å². The molecule has 0 spiro atoms. The molecule has 0 saturated heterocycles. The second-order valence-corrected chi connectivity index (χ2v) is 5.96. The van der Waals surface area contributed by atoms with Gasteiger partial charge >= 0.3 is 0 Å². The fraction of sp³-hybridized carbons (Fsp3) is 0.353. The van der Waals surface area contributed by atoms with Crippen molar-refractivity contribution in [2.75, 3.05) is 13.2 Å². The summed E-state index contributed by atoms with van der Waals surface area (Å²) in [7, 11) is 0. The summed E-state index contributed by atoms with van der Waals surface area (Å²) in [6, 6.07) is 10.7. The van der Waals surface area contributed by atoms with E-state index in [9.17, 15) is 0 Å². The highest BCUT2D eigenvalue weighted by molar-refractivity contribution is 14.1. The van der Waals surface area contributed by atoms with Crippen molar-refractivity contribution in [3.8, 4) is 5.75 Å². The molecule has 1 atom stereocenters. The summed E-state index contributed by atoms with van der Waals surface area (Å²) in [5.41, 5.74) is 2.42. The number of aromatic nitrogens is 1. The van der Waals surface area contributed by atoms with Gasteiger partial charge in [-0.05, 0) is 65.7 Å². The van der Waals surface area contributed by atoms with E-state index in [0.29, 0.717) is 6.61 Å². The van der Waals surface area contributed by atoms with E-state index in [1.54, 1.807) is 6.20 Å². The normalized spacial score (nSPS) is 12.1. The molecule has 0 fully saturated rings. The monoisotopic (exact) mass is 396 g/mol. The van der Waals surface area contributed by atoms with Crippen LogP contribution >= 0.6 is 22.6 Å². The van der Waals surface area contributed by atoms with Crippen LogP contribution in [0.15, 0.2) is 42.7 Å². The lowest BCUT2D eigenvalue weighted by Crippen LogP contribution is -2.24. The van der Waals surface area contributed by atoms with Crippen molar-refractivity contribution in [3.05, 3.63) is 57.4 Å². The predicted octanol–water partition coefficient (Wildman–Crippen LogP) is 4.17. The Morgan fingerprint density at radius 2 is 2.05 bits per heavy atom. The largest absolute Gasteiger partial charge is 0.492 e. The third-order valence-corrected chi connectivity index (χ3v) is 4.18. The first-order valence-corrected chi connectivity index (χ1v) is 8.39. The second-order valence-electron chi connectivity index (χ2n) is 4.80. The lowest BCUT2D eigenvalue weighted by Gasteiger charge is -2.21. The summed E-state index contributed by atoms with van der Waals surface area (Å²) in [5, 5.41) is 3.61. The molecule has 1 aromatic carbocycles. The first-order valence-electron chi connectivity index (χ1n) is 7.31. The molecule has 0 radical (unpaired) electrons. The molecule has 0 bridgehead atoms. The molecule has 0 aliphatic heterocycles. The Hall–Kier alpha value is -1.14. The highest BCUT2D eigenvalue weighted by atomic mass is 127. The van der Waals surface area contributed by atoms with E-state index >= 15 is 0 Å². The fourth-order valence-electron chi connectivity index (χ4n) is 2.24. The number of hydrogen-bond donors (Lipinski definition) is 1. The minimum atomic E-state index is 0.144. The zero-order chi connectivity index (χ0) is 15.1. The summed E-state index contributed by atoms with van der Waals surface area (Å²) in [4.78, 5) is 4.32. The van der Waals surface area contributed by atoms with Crippen LogP contribution in [0.2, 0.25) is 0 Å². The van der Waals surface area contributed by atoms with E-state index in [1.165, 1.54) is 9.13 Å². The second kappa shape index (κ2) is 8.34. The van der Waals surface area contributed by atoms with Crippen molar-refractivity contribution in [1.29, 1.82) is 0 Å². The van der Waals surface area contributed by atoms with Gasteiger partial charge in [0.1, 0.15) is 5.75 Å². The van der Waals surface area contributed by atoms with Crippen LogP contribution in [0.5, 0.6) is 5.75 Å². The number of hydrogen-bond acceptors (Lipinski definition) is 3. The number of nitrogens with one attached hydrogen (secondary N) is 1. The first kappa shape index (κ1) is 16.2. The van der Waals surface area contributed by atoms with Gasteiger partial charge in [-0.1, -0.05) is 25.1 Å². The van der Waals surface area contributed by atoms with Gasteiger partial charge in [0, 0.05) is 9.77 Å². The summed E-state index contributed by atoms with van der Waals surface area (Å²) < 4.78 is 6.83. The predicted molar refractivity (Wildman–Crippen MR) is 94.7 cm³/mol. The van der Waals surface area contributed by atoms with Crippen LogP contribution in [0.25, 0.3) is 0 Å². The maximum absolute atomic E-state index is 5.58. The van der Waals surface area contributed by atoms with Crippen molar-refractivity contribution in [2.24, 2.45) is 0 Å². The third kappa shape index (κ3) is 4.41. The molecule has 1 unspecified atom stereocenters. The number of pyridine rings is 1. The Kier molecular flexibility index (Phi) is 6.45. The van der Waals surface area contributed by atoms with Gasteiger partial charge in [-0.2, -0.15) is 0 Å². The van der Waals surface area contributed by atoms with Gasteiger partial charge in [0.05, 0.1) is 18.8 Å². The van der Waals surface area contributed by atoms with Crippen LogP contribution in [-0.4, -0.2) is 18.1 Å². The zero-order valence-electron chi connectivity index (χ0n) is 12.5. The van der Waals surface area contributed by atoms with Crippen molar-refractivity contribution >= 4 is 22.6 Å². The number of rotatable bonds is 7. The Labute approximate surface area is 140 Å². The minimum absolute atomic E-state index is 0.144. The van der Waals surface area contributed by atoms with Crippen LogP contribution < -0.4 is 10.1 Å². The standard InChI is InChI=1S/C17H21IN2O/c1-3-9-20-17(15-7-5-6-8-16(15)18)13-10-14(21-4-2)12-19-11-13/h5-8,10-12,17,20H,3-4,9H2,1-2H3. The molecular formula is C17H21IN2O. The Balaban J connectivity index is 2.36. The molecule has 0 saturated carbocycles. The van der Waals surface area contributed by atoms with Gasteiger partial charge < -0.3 is 10.1 Å². The van der Waals surface area contributed by atoms with E-state index < -0.39 is 0 Å². The van der Waals surface area contributed by atoms with Crippen molar-refractivity contribution < 1.29 is 4.74 Å². The highest BCUT2D eigenvalue weighted by Gasteiger charge is 2.16. The Morgan fingerprint density at radius 3 is 2.76 bits per heavy atom. The topological polar surface area (TPSA) is 34.2 Å². The zero-order valence-corrected chi connectivity index (χ0v) is 14.6. The summed E-state index contributed by atoms with van der Waals surface area (Å²) in [6.45, 7) is 5.78. The maximum Gasteiger partial charge on any atom is 0.137 e. The van der Waals surface area contributed by atoms with Gasteiger partial charge in [-0.25, -0.2) is 0 Å². The quantitative estimate of drug-likeness (QED) is 0.714. The van der Waals surface area contributed by atoms with Gasteiger partial charge in [-0.15, -0.1) is 0 Å². The molecule has 2 rings (SSSR count). The Morgan fingerprint density at radius 1 is 1.24 bits per heavy atom. The van der Waals surface area contributed by atoms with Gasteiger partial charge in [0.2, 0.25) is 0 Å². The SMILES string of the molecule is CCCNC(c1cncc(OCC)c1)c1ccccc1I. The average molecular weight is 396 g/mol. The number of nitrogens with zero attached hydrogens (tertiary/aromatic N) is 1. The van der Waals surface area contributed by atoms with Gasteiger partial charge in [0.25, 0.3) is 0 Å². The molecule has 0 amide bonds. The summed E-state index contributed by atoms with van der Waals surface area (Å²) in [6.07, 6.45) is 4.78. The molecule has 4 heteroatoms. The van der Waals surface area contributed by atoms with Crippen LogP contribution in [0.1, 0.15) is 37.4 Å². The Bertz CT molecular complexity index is 574. The number of benzene rings is 1. The molecule has 0 aliphatic carbocycles. The van der Waals surface area contributed by atoms with E-state index in [0.717, 1.165) is 24.3 Å². The average Bonchev–Trinajstić information content (AvgIpc) is 2.50. The van der Waals surface area contributed by atoms with Crippen molar-refractivity contribution in [1.82, 2.24) is 10.3 Å². The van der Waals surface area contributed by atoms with E-state index in [4.69, 9.17) is 4.74 Å². The maximum atomic E-state index is 5.58. The molecule has 3 nitrogen and oxygen atoms in total. The van der Waals surface area contributed by atoms with Crippen LogP contribution in [0, 0.1) is 3.57 Å². The van der Waals surface area contributed by atoms with Crippen molar-refractivity contribution in [3.63, 3.8) is 0 Å².